The first kappa shape index (κ1) is 10.3. The molecule has 0 bridgehead atoms. The van der Waals surface area contributed by atoms with Crippen LogP contribution in [0.25, 0.3) is 0 Å². The molecule has 0 saturated heterocycles. The first-order valence-electron chi connectivity index (χ1n) is 4.10. The molecule has 0 unspecified atom stereocenters. The second kappa shape index (κ2) is 5.02. The molecule has 13 heavy (non-hydrogen) atoms. The van der Waals surface area contributed by atoms with Crippen LogP contribution in [0.1, 0.15) is 12.1 Å². The Labute approximate surface area is 86.8 Å². The Hall–Kier alpha value is -0.830. The number of halogens is 1. The van der Waals surface area contributed by atoms with E-state index in [1.54, 1.807) is 6.20 Å². The summed E-state index contributed by atoms with van der Waals surface area (Å²) in [5, 5.41) is 0. The molecule has 0 aromatic carbocycles. The van der Waals surface area contributed by atoms with Gasteiger partial charge < -0.3 is 4.74 Å². The van der Waals surface area contributed by atoms with Gasteiger partial charge >= 0.3 is 0 Å². The zero-order valence-electron chi connectivity index (χ0n) is 7.59. The van der Waals surface area contributed by atoms with Crippen molar-refractivity contribution in [2.24, 2.45) is 0 Å². The molecule has 0 N–H and O–H groups in total. The van der Waals surface area contributed by atoms with Gasteiger partial charge in [-0.15, -0.1) is 6.58 Å². The van der Waals surface area contributed by atoms with Gasteiger partial charge in [0.2, 0.25) is 0 Å². The number of rotatable bonds is 4. The molecule has 1 aromatic heterocycles. The standard InChI is InChI=1S/C10H12BrNO/c1-3-4-5-13-10-6-9(11)7-12-8(10)2/h3,6-7H,1,4-5H2,2H3. The van der Waals surface area contributed by atoms with Crippen molar-refractivity contribution in [1.82, 2.24) is 4.98 Å². The van der Waals surface area contributed by atoms with Crippen LogP contribution < -0.4 is 4.74 Å². The fourth-order valence-electron chi connectivity index (χ4n) is 0.887. The van der Waals surface area contributed by atoms with Crippen molar-refractivity contribution in [2.45, 2.75) is 13.3 Å². The van der Waals surface area contributed by atoms with Crippen LogP contribution in [0.5, 0.6) is 5.75 Å². The van der Waals surface area contributed by atoms with E-state index in [0.717, 1.165) is 22.3 Å². The molecule has 0 spiro atoms. The number of hydrogen-bond donors (Lipinski definition) is 0. The van der Waals surface area contributed by atoms with Crippen LogP contribution in [0.2, 0.25) is 0 Å². The molecule has 1 heterocycles. The summed E-state index contributed by atoms with van der Waals surface area (Å²) in [6.45, 7) is 6.21. The van der Waals surface area contributed by atoms with E-state index in [1.807, 2.05) is 19.1 Å². The lowest BCUT2D eigenvalue weighted by Crippen LogP contribution is -1.98. The van der Waals surface area contributed by atoms with Gasteiger partial charge in [0, 0.05) is 10.7 Å². The topological polar surface area (TPSA) is 22.1 Å². The van der Waals surface area contributed by atoms with Gasteiger partial charge in [-0.1, -0.05) is 6.08 Å². The number of pyridine rings is 1. The van der Waals surface area contributed by atoms with Crippen LogP contribution >= 0.6 is 15.9 Å². The number of aromatic nitrogens is 1. The normalized spacial score (nSPS) is 9.69. The molecule has 0 aliphatic rings. The van der Waals surface area contributed by atoms with Crippen LogP contribution in [0.15, 0.2) is 29.4 Å². The third kappa shape index (κ3) is 3.19. The minimum Gasteiger partial charge on any atom is -0.491 e. The van der Waals surface area contributed by atoms with Gasteiger partial charge in [0.1, 0.15) is 5.75 Å². The number of hydrogen-bond acceptors (Lipinski definition) is 2. The van der Waals surface area contributed by atoms with Crippen molar-refractivity contribution in [3.05, 3.63) is 35.1 Å². The van der Waals surface area contributed by atoms with Crippen LogP contribution in [-0.2, 0) is 0 Å². The van der Waals surface area contributed by atoms with E-state index < -0.39 is 0 Å². The lowest BCUT2D eigenvalue weighted by atomic mass is 10.3. The van der Waals surface area contributed by atoms with Crippen molar-refractivity contribution in [3.8, 4) is 5.75 Å². The molecule has 2 nitrogen and oxygen atoms in total. The van der Waals surface area contributed by atoms with Crippen LogP contribution in [0, 0.1) is 6.92 Å². The summed E-state index contributed by atoms with van der Waals surface area (Å²) >= 11 is 3.34. The highest BCUT2D eigenvalue weighted by Crippen LogP contribution is 2.20. The second-order valence-corrected chi connectivity index (χ2v) is 3.58. The SMILES string of the molecule is C=CCCOc1cc(Br)cnc1C. The van der Waals surface area contributed by atoms with E-state index in [2.05, 4.69) is 27.5 Å². The molecular formula is C10H12BrNO. The van der Waals surface area contributed by atoms with Crippen molar-refractivity contribution in [2.75, 3.05) is 6.61 Å². The average Bonchev–Trinajstić information content (AvgIpc) is 2.11. The largest absolute Gasteiger partial charge is 0.491 e. The molecular weight excluding hydrogens is 230 g/mol. The third-order valence-corrected chi connectivity index (χ3v) is 2.02. The summed E-state index contributed by atoms with van der Waals surface area (Å²) in [6.07, 6.45) is 4.45. The molecule has 0 saturated carbocycles. The highest BCUT2D eigenvalue weighted by Gasteiger charge is 2.00. The Kier molecular flexibility index (Phi) is 3.96. The molecule has 0 aliphatic heterocycles. The fourth-order valence-corrected chi connectivity index (χ4v) is 1.20. The summed E-state index contributed by atoms with van der Waals surface area (Å²) in [6, 6.07) is 1.92. The van der Waals surface area contributed by atoms with Gasteiger partial charge in [0.25, 0.3) is 0 Å². The smallest absolute Gasteiger partial charge is 0.141 e. The van der Waals surface area contributed by atoms with Gasteiger partial charge in [-0.05, 0) is 35.3 Å². The maximum absolute atomic E-state index is 5.49. The van der Waals surface area contributed by atoms with Gasteiger partial charge in [0.15, 0.2) is 0 Å². The van der Waals surface area contributed by atoms with E-state index in [-0.39, 0.29) is 0 Å². The quantitative estimate of drug-likeness (QED) is 0.597. The Bertz CT molecular complexity index is 299. The second-order valence-electron chi connectivity index (χ2n) is 2.66. The molecule has 3 heteroatoms. The summed E-state index contributed by atoms with van der Waals surface area (Å²) in [7, 11) is 0. The minimum absolute atomic E-state index is 0.655. The third-order valence-electron chi connectivity index (χ3n) is 1.59. The highest BCUT2D eigenvalue weighted by molar-refractivity contribution is 9.10. The minimum atomic E-state index is 0.655. The van der Waals surface area contributed by atoms with E-state index in [1.165, 1.54) is 0 Å². The van der Waals surface area contributed by atoms with Crippen molar-refractivity contribution >= 4 is 15.9 Å². The van der Waals surface area contributed by atoms with Gasteiger partial charge in [0.05, 0.1) is 12.3 Å². The zero-order chi connectivity index (χ0) is 9.68. The Morgan fingerprint density at radius 2 is 2.46 bits per heavy atom. The molecule has 70 valence electrons. The number of aryl methyl sites for hydroxylation is 1. The molecule has 1 rings (SSSR count). The molecule has 0 aliphatic carbocycles. The molecule has 0 amide bonds. The number of nitrogens with zero attached hydrogens (tertiary/aromatic N) is 1. The highest BCUT2D eigenvalue weighted by atomic mass is 79.9. The summed E-state index contributed by atoms with van der Waals surface area (Å²) < 4.78 is 6.43. The van der Waals surface area contributed by atoms with Gasteiger partial charge in [-0.25, -0.2) is 0 Å². The zero-order valence-corrected chi connectivity index (χ0v) is 9.17. The predicted octanol–water partition coefficient (Wildman–Crippen LogP) is 3.11. The van der Waals surface area contributed by atoms with E-state index >= 15 is 0 Å². The van der Waals surface area contributed by atoms with Crippen LogP contribution in [-0.4, -0.2) is 11.6 Å². The van der Waals surface area contributed by atoms with Crippen molar-refractivity contribution in [1.29, 1.82) is 0 Å². The Morgan fingerprint density at radius 1 is 1.69 bits per heavy atom. The van der Waals surface area contributed by atoms with Gasteiger partial charge in [-0.3, -0.25) is 4.98 Å². The lowest BCUT2D eigenvalue weighted by molar-refractivity contribution is 0.321. The maximum Gasteiger partial charge on any atom is 0.141 e. The first-order chi connectivity index (χ1) is 6.24. The van der Waals surface area contributed by atoms with E-state index in [0.29, 0.717) is 6.61 Å². The average molecular weight is 242 g/mol. The van der Waals surface area contributed by atoms with Crippen molar-refractivity contribution in [3.63, 3.8) is 0 Å². The molecule has 1 aromatic rings. The van der Waals surface area contributed by atoms with Gasteiger partial charge in [-0.2, -0.15) is 0 Å². The maximum atomic E-state index is 5.49. The Morgan fingerprint density at radius 3 is 3.15 bits per heavy atom. The van der Waals surface area contributed by atoms with E-state index in [4.69, 9.17) is 4.74 Å². The predicted molar refractivity (Wildman–Crippen MR) is 57.0 cm³/mol. The summed E-state index contributed by atoms with van der Waals surface area (Å²) in [5.41, 5.74) is 0.910. The lowest BCUT2D eigenvalue weighted by Gasteiger charge is -2.06. The molecule has 0 radical (unpaired) electrons. The van der Waals surface area contributed by atoms with E-state index in [9.17, 15) is 0 Å². The first-order valence-corrected chi connectivity index (χ1v) is 4.89. The monoisotopic (exact) mass is 241 g/mol. The summed E-state index contributed by atoms with van der Waals surface area (Å²) in [4.78, 5) is 4.16. The molecule has 0 fully saturated rings. The fraction of sp³-hybridized carbons (Fsp3) is 0.300. The molecule has 0 atom stereocenters. The van der Waals surface area contributed by atoms with Crippen LogP contribution in [0.3, 0.4) is 0 Å². The summed E-state index contributed by atoms with van der Waals surface area (Å²) in [5.74, 6) is 0.830. The Balaban J connectivity index is 2.64. The van der Waals surface area contributed by atoms with Crippen LogP contribution in [0.4, 0.5) is 0 Å². The number of ether oxygens (including phenoxy) is 1. The van der Waals surface area contributed by atoms with Crippen molar-refractivity contribution < 1.29 is 4.74 Å².